The maximum Gasteiger partial charge on any atom is 0.201 e. The number of hydrogen-bond acceptors (Lipinski definition) is 6. The largest absolute Gasteiger partial charge is 0.417 e. The van der Waals surface area contributed by atoms with Crippen molar-refractivity contribution in [1.29, 1.82) is 0 Å². The number of rotatable bonds is 6. The Bertz CT molecular complexity index is 650. The highest BCUT2D eigenvalue weighted by atomic mass is 28.4. The zero-order valence-electron chi connectivity index (χ0n) is 20.6. The van der Waals surface area contributed by atoms with Gasteiger partial charge >= 0.3 is 0 Å². The first-order chi connectivity index (χ1) is 14.4. The fraction of sp³-hybridized carbons (Fsp3) is 1.00. The van der Waals surface area contributed by atoms with E-state index < -0.39 is 32.3 Å². The fourth-order valence-electron chi connectivity index (χ4n) is 6.11. The normalized spacial score (nSPS) is 45.3. The second-order valence-electron chi connectivity index (χ2n) is 12.2. The second kappa shape index (κ2) is 8.33. The number of unbranched alkanes of at least 4 members (excludes halogenated alkanes) is 1. The van der Waals surface area contributed by atoms with Crippen molar-refractivity contribution in [2.45, 2.75) is 122 Å². The van der Waals surface area contributed by atoms with Crippen molar-refractivity contribution in [3.05, 3.63) is 0 Å². The van der Waals surface area contributed by atoms with Crippen molar-refractivity contribution in [3.8, 4) is 0 Å². The zero-order chi connectivity index (χ0) is 22.7. The Hall–Kier alpha value is -0.0231. The van der Waals surface area contributed by atoms with Crippen molar-refractivity contribution >= 4 is 8.32 Å². The van der Waals surface area contributed by atoms with Crippen LogP contribution in [-0.4, -0.2) is 44.0 Å². The summed E-state index contributed by atoms with van der Waals surface area (Å²) in [5.74, 6) is 0.298. The van der Waals surface area contributed by atoms with Crippen molar-refractivity contribution in [3.63, 3.8) is 0 Å². The van der Waals surface area contributed by atoms with Gasteiger partial charge in [0.2, 0.25) is 5.79 Å². The molecule has 4 aliphatic heterocycles. The molecule has 5 fully saturated rings. The lowest BCUT2D eigenvalue weighted by Gasteiger charge is -2.60. The van der Waals surface area contributed by atoms with Crippen LogP contribution in [0, 0.1) is 23.7 Å². The Balaban J connectivity index is 1.42. The molecule has 4 heterocycles. The van der Waals surface area contributed by atoms with E-state index in [1.807, 2.05) is 6.92 Å². The molecule has 1 spiro atoms. The minimum absolute atomic E-state index is 0.0359. The van der Waals surface area contributed by atoms with Crippen LogP contribution < -0.4 is 0 Å². The summed E-state index contributed by atoms with van der Waals surface area (Å²) >= 11 is 0. The second-order valence-corrected chi connectivity index (χ2v) is 17.0. The highest BCUT2D eigenvalue weighted by Crippen LogP contribution is 2.60. The van der Waals surface area contributed by atoms with E-state index in [-0.39, 0.29) is 16.9 Å². The van der Waals surface area contributed by atoms with E-state index in [0.29, 0.717) is 11.8 Å². The summed E-state index contributed by atoms with van der Waals surface area (Å²) in [6.07, 6.45) is 5.52. The van der Waals surface area contributed by atoms with Gasteiger partial charge < -0.3 is 19.0 Å². The Kier molecular flexibility index (Phi) is 6.48. The first kappa shape index (κ1) is 24.1. The Morgan fingerprint density at radius 3 is 2.52 bits per heavy atom. The quantitative estimate of drug-likeness (QED) is 0.330. The summed E-state index contributed by atoms with van der Waals surface area (Å²) in [6.45, 7) is 16.4. The van der Waals surface area contributed by atoms with Gasteiger partial charge in [-0.25, -0.2) is 9.78 Å². The third kappa shape index (κ3) is 4.17. The Morgan fingerprint density at radius 1 is 1.06 bits per heavy atom. The number of ether oxygens (including phenoxy) is 2. The van der Waals surface area contributed by atoms with Gasteiger partial charge in [-0.3, -0.25) is 0 Å². The van der Waals surface area contributed by atoms with Crippen molar-refractivity contribution in [2.75, 3.05) is 6.61 Å². The van der Waals surface area contributed by atoms with Gasteiger partial charge in [0.15, 0.2) is 26.5 Å². The number of fused-ring (bicyclic) bond motifs is 2. The lowest BCUT2D eigenvalue weighted by Crippen LogP contribution is -2.70. The van der Waals surface area contributed by atoms with Crippen LogP contribution in [0.4, 0.5) is 0 Å². The van der Waals surface area contributed by atoms with Crippen LogP contribution in [0.5, 0.6) is 0 Å². The third-order valence-electron chi connectivity index (χ3n) is 9.12. The molecule has 180 valence electrons. The van der Waals surface area contributed by atoms with E-state index in [0.717, 1.165) is 51.6 Å². The summed E-state index contributed by atoms with van der Waals surface area (Å²) in [5.41, 5.74) is -0.602. The molecule has 5 aliphatic rings. The molecule has 6 nitrogen and oxygen atoms in total. The molecule has 0 aromatic heterocycles. The van der Waals surface area contributed by atoms with Gasteiger partial charge in [0.1, 0.15) is 0 Å². The molecule has 5 rings (SSSR count). The molecule has 1 N–H and O–H groups in total. The van der Waals surface area contributed by atoms with Crippen molar-refractivity contribution < 1.29 is 28.8 Å². The minimum atomic E-state index is -1.71. The van der Waals surface area contributed by atoms with Crippen LogP contribution in [0.2, 0.25) is 18.1 Å². The van der Waals surface area contributed by atoms with Crippen LogP contribution in [0.3, 0.4) is 0 Å². The molecule has 0 aromatic rings. The molecule has 8 atom stereocenters. The predicted octanol–water partition coefficient (Wildman–Crippen LogP) is 5.36. The average molecular weight is 457 g/mol. The van der Waals surface area contributed by atoms with Crippen molar-refractivity contribution in [1.82, 2.24) is 0 Å². The van der Waals surface area contributed by atoms with E-state index in [1.54, 1.807) is 0 Å². The average Bonchev–Trinajstić information content (AvgIpc) is 2.89. The summed E-state index contributed by atoms with van der Waals surface area (Å²) in [5, 5.41) is 11.2. The molecule has 1 aliphatic carbocycles. The van der Waals surface area contributed by atoms with E-state index in [1.165, 1.54) is 0 Å². The van der Waals surface area contributed by atoms with Gasteiger partial charge in [0, 0.05) is 24.9 Å². The fourth-order valence-corrected chi connectivity index (χ4v) is 7.19. The maximum atomic E-state index is 11.0. The molecule has 2 unspecified atom stereocenters. The van der Waals surface area contributed by atoms with Gasteiger partial charge in [-0.2, -0.15) is 0 Å². The molecule has 1 saturated carbocycles. The minimum Gasteiger partial charge on any atom is -0.417 e. The summed E-state index contributed by atoms with van der Waals surface area (Å²) < 4.78 is 18.7. The molecule has 2 bridgehead atoms. The highest BCUT2D eigenvalue weighted by Gasteiger charge is 2.69. The lowest BCUT2D eigenvalue weighted by atomic mass is 9.57. The summed E-state index contributed by atoms with van der Waals surface area (Å²) in [6, 6.07) is 0. The molecule has 4 saturated heterocycles. The monoisotopic (exact) mass is 456 g/mol. The zero-order valence-corrected chi connectivity index (χ0v) is 21.6. The van der Waals surface area contributed by atoms with Gasteiger partial charge in [-0.1, -0.05) is 34.1 Å². The first-order valence-corrected chi connectivity index (χ1v) is 15.3. The smallest absolute Gasteiger partial charge is 0.201 e. The standard InChI is InChI=1S/C24H44O6Si/c1-16-11-12-19-17(10-8-9-15-26-31(6,7)22(2,3)4)20(25)27-21-24(19)18(16)13-14-23(5,28-21)29-30-24/h16-21,25H,8-15H2,1-7H3/t16-,17-,18+,19+,20?,21?,23+,24-/m1/s1. The summed E-state index contributed by atoms with van der Waals surface area (Å²) in [7, 11) is -1.71. The van der Waals surface area contributed by atoms with Gasteiger partial charge in [0.25, 0.3) is 0 Å². The van der Waals surface area contributed by atoms with E-state index in [4.69, 9.17) is 23.7 Å². The molecule has 31 heavy (non-hydrogen) atoms. The molecular formula is C24H44O6Si. The molecule has 7 heteroatoms. The van der Waals surface area contributed by atoms with E-state index in [2.05, 4.69) is 40.8 Å². The molecular weight excluding hydrogens is 412 g/mol. The molecule has 0 radical (unpaired) electrons. The lowest BCUT2D eigenvalue weighted by molar-refractivity contribution is -0.577. The molecule has 0 amide bonds. The van der Waals surface area contributed by atoms with Gasteiger partial charge in [-0.05, 0) is 69.0 Å². The SMILES string of the molecule is C[C@@H]1CC[C@H]2[C@@H](CCCCO[Si](C)(C)C(C)(C)C)C(O)OC3O[C@]4(C)CC[C@@H]1[C@]32OO4. The van der Waals surface area contributed by atoms with E-state index >= 15 is 0 Å². The van der Waals surface area contributed by atoms with E-state index in [9.17, 15) is 5.11 Å². The van der Waals surface area contributed by atoms with Gasteiger partial charge in [0.05, 0.1) is 0 Å². The number of aliphatic hydroxyl groups is 1. The highest BCUT2D eigenvalue weighted by molar-refractivity contribution is 6.74. The maximum absolute atomic E-state index is 11.0. The first-order valence-electron chi connectivity index (χ1n) is 12.4. The van der Waals surface area contributed by atoms with Crippen LogP contribution in [0.15, 0.2) is 0 Å². The molecule has 0 aromatic carbocycles. The van der Waals surface area contributed by atoms with Crippen molar-refractivity contribution in [2.24, 2.45) is 23.7 Å². The Morgan fingerprint density at radius 2 is 1.81 bits per heavy atom. The Labute approximate surface area is 189 Å². The van der Waals surface area contributed by atoms with Crippen LogP contribution in [0.1, 0.15) is 79.6 Å². The van der Waals surface area contributed by atoms with Crippen LogP contribution in [0.25, 0.3) is 0 Å². The third-order valence-corrected chi connectivity index (χ3v) is 13.7. The van der Waals surface area contributed by atoms with Crippen LogP contribution >= 0.6 is 0 Å². The van der Waals surface area contributed by atoms with Gasteiger partial charge in [-0.15, -0.1) is 0 Å². The summed E-state index contributed by atoms with van der Waals surface area (Å²) in [4.78, 5) is 12.1. The van der Waals surface area contributed by atoms with Crippen LogP contribution in [-0.2, 0) is 23.7 Å². The topological polar surface area (TPSA) is 66.4 Å². The number of hydrogen-bond donors (Lipinski definition) is 1. The predicted molar refractivity (Wildman–Crippen MR) is 120 cm³/mol. The number of aliphatic hydroxyl groups excluding tert-OH is 1.